The van der Waals surface area contributed by atoms with Crippen LogP contribution < -0.4 is 4.90 Å². The minimum atomic E-state index is -0.753. The molecule has 0 bridgehead atoms. The van der Waals surface area contributed by atoms with Gasteiger partial charge in [-0.2, -0.15) is 0 Å². The first-order valence-electron chi connectivity index (χ1n) is 10.7. The molecule has 2 aromatic carbocycles. The van der Waals surface area contributed by atoms with Crippen LogP contribution in [0.2, 0.25) is 0 Å². The van der Waals surface area contributed by atoms with Crippen LogP contribution in [-0.4, -0.2) is 21.8 Å². The van der Waals surface area contributed by atoms with Gasteiger partial charge in [-0.3, -0.25) is 14.5 Å². The van der Waals surface area contributed by atoms with Crippen molar-refractivity contribution in [3.63, 3.8) is 0 Å². The van der Waals surface area contributed by atoms with E-state index in [9.17, 15) is 14.7 Å². The second-order valence-corrected chi connectivity index (χ2v) is 10.4. The molecule has 0 fully saturated rings. The Morgan fingerprint density at radius 3 is 2.64 bits per heavy atom. The molecule has 1 N–H and O–H groups in total. The van der Waals surface area contributed by atoms with Crippen molar-refractivity contribution in [3.8, 4) is 0 Å². The van der Waals surface area contributed by atoms with Gasteiger partial charge in [-0.15, -0.1) is 11.3 Å². The van der Waals surface area contributed by atoms with Crippen molar-refractivity contribution < 1.29 is 14.7 Å². The molecular formula is C26H22N2O3S2. The fourth-order valence-corrected chi connectivity index (χ4v) is 5.84. The first-order chi connectivity index (χ1) is 15.8. The molecule has 0 aliphatic carbocycles. The lowest BCUT2D eigenvalue weighted by atomic mass is 9.94. The van der Waals surface area contributed by atoms with E-state index >= 15 is 0 Å². The number of carbonyl (C=O) groups excluding carboxylic acids is 2. The Bertz CT molecular complexity index is 1420. The van der Waals surface area contributed by atoms with Crippen LogP contribution in [0.1, 0.15) is 52.2 Å². The van der Waals surface area contributed by atoms with Crippen LogP contribution in [0.3, 0.4) is 0 Å². The minimum Gasteiger partial charge on any atom is -0.503 e. The van der Waals surface area contributed by atoms with Crippen LogP contribution in [0.15, 0.2) is 71.3 Å². The summed E-state index contributed by atoms with van der Waals surface area (Å²) in [6.07, 6.45) is 0. The quantitative estimate of drug-likeness (QED) is 0.332. The maximum atomic E-state index is 13.4. The third-order valence-electron chi connectivity index (χ3n) is 5.83. The third kappa shape index (κ3) is 3.67. The lowest BCUT2D eigenvalue weighted by Crippen LogP contribution is -2.30. The summed E-state index contributed by atoms with van der Waals surface area (Å²) in [6.45, 7) is 6.22. The van der Waals surface area contributed by atoms with E-state index < -0.39 is 17.7 Å². The van der Waals surface area contributed by atoms with Crippen molar-refractivity contribution in [3.05, 3.63) is 92.9 Å². The summed E-state index contributed by atoms with van der Waals surface area (Å²) in [7, 11) is 0. The second kappa shape index (κ2) is 8.24. The number of carbonyl (C=O) groups is 2. The Hall–Kier alpha value is -3.29. The first kappa shape index (κ1) is 21.6. The molecule has 7 heteroatoms. The molecule has 2 aromatic heterocycles. The number of benzene rings is 2. The maximum Gasteiger partial charge on any atom is 0.296 e. The predicted molar refractivity (Wildman–Crippen MR) is 133 cm³/mol. The fraction of sp³-hybridized carbons (Fsp3) is 0.192. The normalized spacial score (nSPS) is 16.4. The number of ketones is 1. The number of anilines is 1. The van der Waals surface area contributed by atoms with Crippen LogP contribution in [0.5, 0.6) is 0 Å². The van der Waals surface area contributed by atoms with E-state index in [-0.39, 0.29) is 11.4 Å². The highest BCUT2D eigenvalue weighted by atomic mass is 32.1. The van der Waals surface area contributed by atoms with Gasteiger partial charge in [0, 0.05) is 0 Å². The molecule has 5 rings (SSSR count). The third-order valence-corrected chi connectivity index (χ3v) is 7.72. The molecule has 33 heavy (non-hydrogen) atoms. The van der Waals surface area contributed by atoms with E-state index in [0.717, 1.165) is 21.3 Å². The molecule has 166 valence electrons. The number of aliphatic hydroxyl groups excluding tert-OH is 1. The monoisotopic (exact) mass is 474 g/mol. The largest absolute Gasteiger partial charge is 0.503 e. The van der Waals surface area contributed by atoms with Gasteiger partial charge in [-0.25, -0.2) is 4.98 Å². The zero-order chi connectivity index (χ0) is 23.3. The molecule has 0 saturated carbocycles. The molecule has 4 aromatic rings. The molecule has 1 atom stereocenters. The molecule has 1 unspecified atom stereocenters. The SMILES string of the molecule is Cc1cccc(C2C(C(=O)c3cccs3)=C(O)C(=O)N2c2nc3ccc(C(C)C)cc3s2)c1. The molecule has 1 amide bonds. The highest BCUT2D eigenvalue weighted by Gasteiger charge is 2.46. The van der Waals surface area contributed by atoms with Crippen molar-refractivity contribution in [2.24, 2.45) is 0 Å². The number of aryl methyl sites for hydroxylation is 1. The smallest absolute Gasteiger partial charge is 0.296 e. The van der Waals surface area contributed by atoms with Crippen molar-refractivity contribution in [2.45, 2.75) is 32.7 Å². The average molecular weight is 475 g/mol. The van der Waals surface area contributed by atoms with Crippen molar-refractivity contribution >= 4 is 49.7 Å². The van der Waals surface area contributed by atoms with Gasteiger partial charge < -0.3 is 5.11 Å². The van der Waals surface area contributed by atoms with Crippen molar-refractivity contribution in [1.82, 2.24) is 4.98 Å². The molecular weight excluding hydrogens is 452 g/mol. The topological polar surface area (TPSA) is 70.5 Å². The minimum absolute atomic E-state index is 0.0928. The molecule has 1 aliphatic heterocycles. The van der Waals surface area contributed by atoms with Gasteiger partial charge in [0.1, 0.15) is 0 Å². The van der Waals surface area contributed by atoms with Crippen LogP contribution in [-0.2, 0) is 4.79 Å². The van der Waals surface area contributed by atoms with Gasteiger partial charge in [-0.1, -0.05) is 67.1 Å². The number of amides is 1. The Morgan fingerprint density at radius 2 is 1.94 bits per heavy atom. The zero-order valence-corrected chi connectivity index (χ0v) is 20.0. The van der Waals surface area contributed by atoms with Crippen molar-refractivity contribution in [2.75, 3.05) is 4.90 Å². The number of rotatable bonds is 5. The van der Waals surface area contributed by atoms with Crippen LogP contribution in [0, 0.1) is 6.92 Å². The lowest BCUT2D eigenvalue weighted by molar-refractivity contribution is -0.117. The summed E-state index contributed by atoms with van der Waals surface area (Å²) in [5, 5.41) is 13.2. The fourth-order valence-electron chi connectivity index (χ4n) is 4.12. The average Bonchev–Trinajstić information content (AvgIpc) is 3.51. The number of Topliss-reactive ketones (excluding diaryl/α,β-unsaturated/α-hetero) is 1. The van der Waals surface area contributed by atoms with E-state index in [1.165, 1.54) is 33.1 Å². The van der Waals surface area contributed by atoms with Crippen LogP contribution in [0.25, 0.3) is 10.2 Å². The molecule has 0 spiro atoms. The molecule has 0 radical (unpaired) electrons. The molecule has 3 heterocycles. The number of aromatic nitrogens is 1. The van der Waals surface area contributed by atoms with Gasteiger partial charge >= 0.3 is 0 Å². The number of nitrogens with zero attached hydrogens (tertiary/aromatic N) is 2. The van der Waals surface area contributed by atoms with E-state index in [1.807, 2.05) is 43.3 Å². The number of fused-ring (bicyclic) bond motifs is 1. The summed E-state index contributed by atoms with van der Waals surface area (Å²) in [5.74, 6) is -1.09. The highest BCUT2D eigenvalue weighted by molar-refractivity contribution is 7.22. The number of aliphatic hydroxyl groups is 1. The Labute approximate surface area is 199 Å². The zero-order valence-electron chi connectivity index (χ0n) is 18.4. The van der Waals surface area contributed by atoms with Gasteiger partial charge in [0.2, 0.25) is 5.78 Å². The van der Waals surface area contributed by atoms with E-state index in [4.69, 9.17) is 4.98 Å². The van der Waals surface area contributed by atoms with E-state index in [2.05, 4.69) is 19.9 Å². The highest BCUT2D eigenvalue weighted by Crippen LogP contribution is 2.44. The summed E-state index contributed by atoms with van der Waals surface area (Å²) < 4.78 is 0.963. The molecule has 1 aliphatic rings. The summed E-state index contributed by atoms with van der Waals surface area (Å²) in [6, 6.07) is 16.5. The summed E-state index contributed by atoms with van der Waals surface area (Å²) in [4.78, 5) is 33.4. The van der Waals surface area contributed by atoms with Crippen molar-refractivity contribution in [1.29, 1.82) is 0 Å². The van der Waals surface area contributed by atoms with E-state index in [0.29, 0.717) is 15.9 Å². The Morgan fingerprint density at radius 1 is 1.12 bits per heavy atom. The number of thiophene rings is 1. The molecule has 5 nitrogen and oxygen atoms in total. The second-order valence-electron chi connectivity index (χ2n) is 8.44. The van der Waals surface area contributed by atoms with E-state index in [1.54, 1.807) is 17.5 Å². The van der Waals surface area contributed by atoms with Gasteiger partial charge in [0.15, 0.2) is 10.9 Å². The number of hydrogen-bond donors (Lipinski definition) is 1. The number of hydrogen-bond acceptors (Lipinski definition) is 6. The predicted octanol–water partition coefficient (Wildman–Crippen LogP) is 6.57. The van der Waals surface area contributed by atoms with Crippen LogP contribution in [0.4, 0.5) is 5.13 Å². The standard InChI is InChI=1S/C26H22N2O3S2/c1-14(2)16-9-10-18-20(13-16)33-26(27-18)28-22(17-7-4-6-15(3)12-17)21(24(30)25(28)31)23(29)19-8-5-11-32-19/h4-14,22,30H,1-3H3. The summed E-state index contributed by atoms with van der Waals surface area (Å²) >= 11 is 2.68. The lowest BCUT2D eigenvalue weighted by Gasteiger charge is -2.24. The van der Waals surface area contributed by atoms with Gasteiger partial charge in [0.25, 0.3) is 5.91 Å². The first-order valence-corrected chi connectivity index (χ1v) is 12.4. The molecule has 0 saturated heterocycles. The van der Waals surface area contributed by atoms with Gasteiger partial charge in [0.05, 0.1) is 26.7 Å². The Kier molecular flexibility index (Phi) is 5.38. The maximum absolute atomic E-state index is 13.4. The number of thiazole rings is 1. The summed E-state index contributed by atoms with van der Waals surface area (Å²) in [5.41, 5.74) is 3.83. The van der Waals surface area contributed by atoms with Crippen LogP contribution >= 0.6 is 22.7 Å². The Balaban J connectivity index is 1.67. The van der Waals surface area contributed by atoms with Gasteiger partial charge in [-0.05, 0) is 47.5 Å².